The van der Waals surface area contributed by atoms with Crippen molar-refractivity contribution in [3.05, 3.63) is 111 Å². The number of hydrogen-bond acceptors (Lipinski definition) is 2. The minimum Gasteiger partial charge on any atom is -0.359 e. The summed E-state index contributed by atoms with van der Waals surface area (Å²) in [5, 5.41) is 0. The summed E-state index contributed by atoms with van der Waals surface area (Å²) in [4.78, 5) is 2.29. The van der Waals surface area contributed by atoms with Crippen molar-refractivity contribution in [1.29, 1.82) is 0 Å². The van der Waals surface area contributed by atoms with Crippen LogP contribution in [0, 0.1) is 0 Å². The highest BCUT2D eigenvalue weighted by molar-refractivity contribution is 9.10. The predicted octanol–water partition coefficient (Wildman–Crippen LogP) is 11.4. The molecule has 4 aromatic carbocycles. The normalized spacial score (nSPS) is 15.3. The highest BCUT2D eigenvalue weighted by Gasteiger charge is 2.49. The fourth-order valence-corrected chi connectivity index (χ4v) is 6.49. The lowest BCUT2D eigenvalue weighted by Crippen LogP contribution is -2.31. The third kappa shape index (κ3) is 4.76. The van der Waals surface area contributed by atoms with Gasteiger partial charge < -0.3 is 9.64 Å². The maximum Gasteiger partial charge on any atom is 0.0942 e. The monoisotopic (exact) mass is 631 g/mol. The lowest BCUT2D eigenvalue weighted by molar-refractivity contribution is -0.151. The Balaban J connectivity index is 1.55. The molecular formula is C34H35Br2NO. The van der Waals surface area contributed by atoms with Crippen LogP contribution < -0.4 is 4.90 Å². The van der Waals surface area contributed by atoms with E-state index in [1.165, 1.54) is 22.3 Å². The number of benzene rings is 4. The number of nitrogens with zero attached hydrogens (tertiary/aromatic N) is 1. The van der Waals surface area contributed by atoms with Crippen LogP contribution >= 0.6 is 31.9 Å². The third-order valence-corrected chi connectivity index (χ3v) is 9.36. The zero-order chi connectivity index (χ0) is 26.9. The second-order valence-corrected chi connectivity index (χ2v) is 11.9. The Morgan fingerprint density at radius 2 is 0.921 bits per heavy atom. The lowest BCUT2D eigenvalue weighted by Gasteiger charge is -2.34. The molecule has 0 saturated carbocycles. The average molecular weight is 633 g/mol. The topological polar surface area (TPSA) is 12.5 Å². The fourth-order valence-electron chi connectivity index (χ4n) is 5.96. The quantitative estimate of drug-likeness (QED) is 0.191. The number of hydrogen-bond donors (Lipinski definition) is 0. The molecule has 0 aromatic heterocycles. The molecular weight excluding hydrogens is 598 g/mol. The number of fused-ring (bicyclic) bond motifs is 1. The van der Waals surface area contributed by atoms with Gasteiger partial charge in [-0.05, 0) is 115 Å². The Hall–Kier alpha value is -2.40. The van der Waals surface area contributed by atoms with Crippen molar-refractivity contribution in [3.63, 3.8) is 0 Å². The van der Waals surface area contributed by atoms with Crippen molar-refractivity contribution in [2.24, 2.45) is 0 Å². The van der Waals surface area contributed by atoms with Crippen LogP contribution in [0.2, 0.25) is 0 Å². The van der Waals surface area contributed by atoms with Gasteiger partial charge in [0, 0.05) is 26.0 Å². The molecule has 1 heterocycles. The van der Waals surface area contributed by atoms with Crippen molar-refractivity contribution in [1.82, 2.24) is 0 Å². The molecule has 4 aromatic rings. The minimum atomic E-state index is -0.211. The molecule has 0 saturated heterocycles. The Morgan fingerprint density at radius 3 is 1.37 bits per heavy atom. The molecule has 196 valence electrons. The number of rotatable bonds is 8. The van der Waals surface area contributed by atoms with Crippen LogP contribution in [0.3, 0.4) is 0 Å². The SMILES string of the molecule is CCC1(CC)OC(CC)(CC)c2cc(-c3ccc(N(c4ccc(Br)cc4)c4ccc(Br)cc4)cc3)ccc21. The van der Waals surface area contributed by atoms with Crippen LogP contribution in [0.5, 0.6) is 0 Å². The molecule has 0 radical (unpaired) electrons. The zero-order valence-electron chi connectivity index (χ0n) is 22.6. The van der Waals surface area contributed by atoms with E-state index >= 15 is 0 Å². The molecule has 1 aliphatic rings. The van der Waals surface area contributed by atoms with Gasteiger partial charge in [0.1, 0.15) is 0 Å². The molecule has 38 heavy (non-hydrogen) atoms. The van der Waals surface area contributed by atoms with E-state index in [1.54, 1.807) is 0 Å². The lowest BCUT2D eigenvalue weighted by atomic mass is 9.81. The largest absolute Gasteiger partial charge is 0.359 e. The molecule has 1 aliphatic heterocycles. The molecule has 0 bridgehead atoms. The molecule has 0 spiro atoms. The number of anilines is 3. The van der Waals surface area contributed by atoms with Crippen LogP contribution in [0.4, 0.5) is 17.1 Å². The van der Waals surface area contributed by atoms with Gasteiger partial charge >= 0.3 is 0 Å². The maximum atomic E-state index is 6.95. The summed E-state index contributed by atoms with van der Waals surface area (Å²) in [5.41, 5.74) is 8.17. The summed E-state index contributed by atoms with van der Waals surface area (Å²) in [6.07, 6.45) is 3.95. The van der Waals surface area contributed by atoms with Gasteiger partial charge in [-0.15, -0.1) is 0 Å². The van der Waals surface area contributed by atoms with Crippen molar-refractivity contribution >= 4 is 48.9 Å². The zero-order valence-corrected chi connectivity index (χ0v) is 25.8. The summed E-state index contributed by atoms with van der Waals surface area (Å²) in [5.74, 6) is 0. The van der Waals surface area contributed by atoms with Crippen molar-refractivity contribution < 1.29 is 4.74 Å². The van der Waals surface area contributed by atoms with Gasteiger partial charge in [0.05, 0.1) is 11.2 Å². The van der Waals surface area contributed by atoms with Crippen molar-refractivity contribution in [2.45, 2.75) is 64.6 Å². The molecule has 2 nitrogen and oxygen atoms in total. The summed E-state index contributed by atoms with van der Waals surface area (Å²) < 4.78 is 9.08. The standard InChI is InChI=1S/C34H35Br2NO/c1-5-33(6-2)31-22-11-25(23-32(31)34(7-3,8-4)38-33)24-9-16-28(17-10-24)37(29-18-12-26(35)13-19-29)30-20-14-27(36)15-21-30/h9-23H,5-8H2,1-4H3. The smallest absolute Gasteiger partial charge is 0.0942 e. The fraction of sp³-hybridized carbons (Fsp3) is 0.294. The van der Waals surface area contributed by atoms with E-state index in [1.807, 2.05) is 0 Å². The molecule has 0 unspecified atom stereocenters. The molecule has 0 amide bonds. The van der Waals surface area contributed by atoms with Gasteiger partial charge in [-0.3, -0.25) is 0 Å². The summed E-state index contributed by atoms with van der Waals surface area (Å²) in [6.45, 7) is 9.03. The number of ether oxygens (including phenoxy) is 1. The van der Waals surface area contributed by atoms with Gasteiger partial charge in [0.25, 0.3) is 0 Å². The molecule has 0 aliphatic carbocycles. The highest BCUT2D eigenvalue weighted by atomic mass is 79.9. The summed E-state index contributed by atoms with van der Waals surface area (Å²) >= 11 is 7.15. The first-order chi connectivity index (χ1) is 18.4. The van der Waals surface area contributed by atoms with Crippen molar-refractivity contribution in [2.75, 3.05) is 4.90 Å². The second kappa shape index (κ2) is 11.0. The highest BCUT2D eigenvalue weighted by Crippen LogP contribution is 2.54. The second-order valence-electron chi connectivity index (χ2n) is 10.1. The van der Waals surface area contributed by atoms with E-state index in [2.05, 4.69) is 155 Å². The van der Waals surface area contributed by atoms with Crippen LogP contribution in [0.15, 0.2) is 99.9 Å². The first-order valence-corrected chi connectivity index (χ1v) is 15.2. The van der Waals surface area contributed by atoms with E-state index in [0.717, 1.165) is 51.7 Å². The Bertz CT molecular complexity index is 1340. The van der Waals surface area contributed by atoms with E-state index in [4.69, 9.17) is 4.74 Å². The first-order valence-electron chi connectivity index (χ1n) is 13.7. The summed E-state index contributed by atoms with van der Waals surface area (Å²) in [6, 6.07) is 32.8. The Kier molecular flexibility index (Phi) is 7.86. The molecule has 0 atom stereocenters. The third-order valence-electron chi connectivity index (χ3n) is 8.30. The van der Waals surface area contributed by atoms with E-state index in [9.17, 15) is 0 Å². The molecule has 0 fully saturated rings. The van der Waals surface area contributed by atoms with Crippen LogP contribution in [0.25, 0.3) is 11.1 Å². The van der Waals surface area contributed by atoms with Crippen LogP contribution in [-0.4, -0.2) is 0 Å². The van der Waals surface area contributed by atoms with Crippen LogP contribution in [0.1, 0.15) is 64.5 Å². The average Bonchev–Trinajstić information content (AvgIpc) is 3.26. The van der Waals surface area contributed by atoms with Gasteiger partial charge in [-0.25, -0.2) is 0 Å². The molecule has 4 heteroatoms. The summed E-state index contributed by atoms with van der Waals surface area (Å²) in [7, 11) is 0. The van der Waals surface area contributed by atoms with Crippen LogP contribution in [-0.2, 0) is 15.9 Å². The van der Waals surface area contributed by atoms with Gasteiger partial charge in [0.2, 0.25) is 0 Å². The first kappa shape index (κ1) is 27.2. The van der Waals surface area contributed by atoms with E-state index < -0.39 is 0 Å². The Labute approximate surface area is 244 Å². The van der Waals surface area contributed by atoms with E-state index in [-0.39, 0.29) is 11.2 Å². The molecule has 5 rings (SSSR count). The van der Waals surface area contributed by atoms with Gasteiger partial charge in [-0.1, -0.05) is 83.8 Å². The minimum absolute atomic E-state index is 0.181. The Morgan fingerprint density at radius 1 is 0.526 bits per heavy atom. The van der Waals surface area contributed by atoms with Gasteiger partial charge in [-0.2, -0.15) is 0 Å². The van der Waals surface area contributed by atoms with Crippen molar-refractivity contribution in [3.8, 4) is 11.1 Å². The predicted molar refractivity (Wildman–Crippen MR) is 168 cm³/mol. The van der Waals surface area contributed by atoms with Gasteiger partial charge in [0.15, 0.2) is 0 Å². The molecule has 0 N–H and O–H groups in total. The number of halogens is 2. The maximum absolute atomic E-state index is 6.95. The van der Waals surface area contributed by atoms with E-state index in [0.29, 0.717) is 0 Å².